The highest BCUT2D eigenvalue weighted by molar-refractivity contribution is 5.67. The lowest BCUT2D eigenvalue weighted by Gasteiger charge is -2.41. The van der Waals surface area contributed by atoms with E-state index in [9.17, 15) is 4.79 Å². The van der Waals surface area contributed by atoms with Gasteiger partial charge in [0.25, 0.3) is 0 Å². The Morgan fingerprint density at radius 1 is 1.22 bits per heavy atom. The molecule has 3 nitrogen and oxygen atoms in total. The van der Waals surface area contributed by atoms with Crippen LogP contribution in [0.1, 0.15) is 38.2 Å². The molecule has 0 N–H and O–H groups in total. The lowest BCUT2D eigenvalue weighted by Crippen LogP contribution is -2.43. The molecule has 1 aliphatic heterocycles. The predicted octanol–water partition coefficient (Wildman–Crippen LogP) is 4.70. The summed E-state index contributed by atoms with van der Waals surface area (Å²) in [5.74, 6) is 0. The van der Waals surface area contributed by atoms with Crippen LogP contribution >= 0.6 is 0 Å². The van der Waals surface area contributed by atoms with Crippen LogP contribution < -0.4 is 0 Å². The molecule has 3 heteroatoms. The summed E-state index contributed by atoms with van der Waals surface area (Å²) in [6, 6.07) is 9.84. The number of hydrogen-bond acceptors (Lipinski definition) is 2. The Kier molecular flexibility index (Phi) is 4.85. The maximum atomic E-state index is 12.2. The molecule has 2 aliphatic rings. The molecule has 0 saturated carbocycles. The molecule has 1 heterocycles. The molecule has 1 saturated heterocycles. The number of amides is 1. The number of likely N-dealkylation sites (tertiary alicyclic amines) is 1. The van der Waals surface area contributed by atoms with Gasteiger partial charge in [-0.05, 0) is 43.6 Å². The largest absolute Gasteiger partial charge is 0.445 e. The first kappa shape index (κ1) is 15.9. The van der Waals surface area contributed by atoms with Gasteiger partial charge in [0.1, 0.15) is 6.61 Å². The van der Waals surface area contributed by atoms with Gasteiger partial charge in [0.2, 0.25) is 0 Å². The Labute approximate surface area is 138 Å². The minimum atomic E-state index is -0.183. The summed E-state index contributed by atoms with van der Waals surface area (Å²) in [4.78, 5) is 14.1. The van der Waals surface area contributed by atoms with Gasteiger partial charge in [-0.1, -0.05) is 54.1 Å². The van der Waals surface area contributed by atoms with Crippen molar-refractivity contribution in [3.63, 3.8) is 0 Å². The zero-order valence-corrected chi connectivity index (χ0v) is 13.8. The van der Waals surface area contributed by atoms with Crippen molar-refractivity contribution in [1.82, 2.24) is 4.90 Å². The van der Waals surface area contributed by atoms with Gasteiger partial charge in [0.15, 0.2) is 0 Å². The Morgan fingerprint density at radius 2 is 1.96 bits per heavy atom. The van der Waals surface area contributed by atoms with Gasteiger partial charge >= 0.3 is 6.09 Å². The first-order valence-electron chi connectivity index (χ1n) is 8.51. The minimum Gasteiger partial charge on any atom is -0.445 e. The number of allylic oxidation sites excluding steroid dienone is 4. The Hall–Kier alpha value is -2.03. The number of carbonyl (C=O) groups is 1. The van der Waals surface area contributed by atoms with E-state index in [2.05, 4.69) is 25.2 Å². The van der Waals surface area contributed by atoms with Crippen molar-refractivity contribution in [2.45, 2.75) is 39.2 Å². The Bertz CT molecular complexity index is 595. The predicted molar refractivity (Wildman–Crippen MR) is 92.0 cm³/mol. The molecular formula is C20H25NO2. The van der Waals surface area contributed by atoms with Crippen LogP contribution in [0, 0.1) is 5.41 Å². The highest BCUT2D eigenvalue weighted by Gasteiger charge is 2.35. The summed E-state index contributed by atoms with van der Waals surface area (Å²) in [7, 11) is 0. The third-order valence-electron chi connectivity index (χ3n) is 5.16. The second kappa shape index (κ2) is 7.03. The number of rotatable bonds is 2. The summed E-state index contributed by atoms with van der Waals surface area (Å²) in [5, 5.41) is 0. The van der Waals surface area contributed by atoms with Crippen molar-refractivity contribution in [3.05, 3.63) is 59.7 Å². The second-order valence-corrected chi connectivity index (χ2v) is 6.59. The number of ether oxygens (including phenoxy) is 1. The molecule has 0 atom stereocenters. The van der Waals surface area contributed by atoms with E-state index in [0.29, 0.717) is 12.0 Å². The van der Waals surface area contributed by atoms with E-state index in [1.165, 1.54) is 12.0 Å². The Balaban J connectivity index is 1.50. The van der Waals surface area contributed by atoms with Crippen molar-refractivity contribution in [1.29, 1.82) is 0 Å². The molecular weight excluding hydrogens is 286 g/mol. The monoisotopic (exact) mass is 311 g/mol. The lowest BCUT2D eigenvalue weighted by atomic mass is 9.71. The molecule has 0 aromatic heterocycles. The summed E-state index contributed by atoms with van der Waals surface area (Å²) in [6.07, 6.45) is 11.1. The number of piperidine rings is 1. The first-order valence-corrected chi connectivity index (χ1v) is 8.51. The van der Waals surface area contributed by atoms with E-state index in [1.807, 2.05) is 35.2 Å². The van der Waals surface area contributed by atoms with E-state index in [1.54, 1.807) is 0 Å². The van der Waals surface area contributed by atoms with Gasteiger partial charge in [-0.3, -0.25) is 0 Å². The van der Waals surface area contributed by atoms with Crippen LogP contribution in [-0.4, -0.2) is 24.1 Å². The molecule has 122 valence electrons. The summed E-state index contributed by atoms with van der Waals surface area (Å²) in [6.45, 7) is 4.04. The quantitative estimate of drug-likeness (QED) is 0.792. The number of nitrogens with zero attached hydrogens (tertiary/aromatic N) is 1. The topological polar surface area (TPSA) is 29.5 Å². The van der Waals surface area contributed by atoms with Crippen LogP contribution in [0.4, 0.5) is 4.79 Å². The maximum absolute atomic E-state index is 12.2. The molecule has 1 aromatic carbocycles. The highest BCUT2D eigenvalue weighted by atomic mass is 16.6. The number of benzene rings is 1. The maximum Gasteiger partial charge on any atom is 0.410 e. The van der Waals surface area contributed by atoms with E-state index in [0.717, 1.165) is 37.9 Å². The van der Waals surface area contributed by atoms with Crippen LogP contribution in [0.3, 0.4) is 0 Å². The molecule has 1 amide bonds. The van der Waals surface area contributed by atoms with Crippen LogP contribution in [-0.2, 0) is 11.3 Å². The van der Waals surface area contributed by atoms with Crippen LogP contribution in [0.2, 0.25) is 0 Å². The normalized spacial score (nSPS) is 21.6. The fourth-order valence-electron chi connectivity index (χ4n) is 3.45. The van der Waals surface area contributed by atoms with Gasteiger partial charge in [-0.25, -0.2) is 4.79 Å². The average Bonchev–Trinajstić information content (AvgIpc) is 2.62. The van der Waals surface area contributed by atoms with E-state index < -0.39 is 0 Å². The van der Waals surface area contributed by atoms with E-state index in [4.69, 9.17) is 4.74 Å². The lowest BCUT2D eigenvalue weighted by molar-refractivity contribution is 0.0701. The number of carbonyl (C=O) groups excluding carboxylic acids is 1. The second-order valence-electron chi connectivity index (χ2n) is 6.59. The minimum absolute atomic E-state index is 0.183. The molecule has 1 fully saturated rings. The van der Waals surface area contributed by atoms with Gasteiger partial charge < -0.3 is 9.64 Å². The van der Waals surface area contributed by atoms with E-state index in [-0.39, 0.29) is 6.09 Å². The third-order valence-corrected chi connectivity index (χ3v) is 5.16. The van der Waals surface area contributed by atoms with Crippen LogP contribution in [0.5, 0.6) is 0 Å². The van der Waals surface area contributed by atoms with Crippen molar-refractivity contribution in [3.8, 4) is 0 Å². The summed E-state index contributed by atoms with van der Waals surface area (Å²) < 4.78 is 5.44. The smallest absolute Gasteiger partial charge is 0.410 e. The molecule has 1 aliphatic carbocycles. The average molecular weight is 311 g/mol. The SMILES string of the molecule is CC=C1C=CC2(CC1)CCN(C(=O)OCc1ccccc1)CC2. The van der Waals surface area contributed by atoms with Crippen molar-refractivity contribution in [2.24, 2.45) is 5.41 Å². The fraction of sp³-hybridized carbons (Fsp3) is 0.450. The Morgan fingerprint density at radius 3 is 2.57 bits per heavy atom. The highest BCUT2D eigenvalue weighted by Crippen LogP contribution is 2.42. The number of hydrogen-bond donors (Lipinski definition) is 0. The van der Waals surface area contributed by atoms with Crippen molar-refractivity contribution < 1.29 is 9.53 Å². The summed E-state index contributed by atoms with van der Waals surface area (Å²) >= 11 is 0. The van der Waals surface area contributed by atoms with Crippen molar-refractivity contribution >= 4 is 6.09 Å². The van der Waals surface area contributed by atoms with Gasteiger partial charge in [-0.2, -0.15) is 0 Å². The fourth-order valence-corrected chi connectivity index (χ4v) is 3.45. The molecule has 1 aromatic rings. The van der Waals surface area contributed by atoms with Crippen LogP contribution in [0.15, 0.2) is 54.1 Å². The molecule has 0 radical (unpaired) electrons. The first-order chi connectivity index (χ1) is 11.2. The molecule has 0 bridgehead atoms. The van der Waals surface area contributed by atoms with Gasteiger partial charge in [0.05, 0.1) is 0 Å². The van der Waals surface area contributed by atoms with Gasteiger partial charge in [0, 0.05) is 13.1 Å². The molecule has 0 unspecified atom stereocenters. The summed E-state index contributed by atoms with van der Waals surface area (Å²) in [5.41, 5.74) is 2.76. The van der Waals surface area contributed by atoms with Gasteiger partial charge in [-0.15, -0.1) is 0 Å². The van der Waals surface area contributed by atoms with Crippen molar-refractivity contribution in [2.75, 3.05) is 13.1 Å². The molecule has 23 heavy (non-hydrogen) atoms. The zero-order valence-electron chi connectivity index (χ0n) is 13.8. The molecule has 3 rings (SSSR count). The zero-order chi connectivity index (χ0) is 16.1. The third kappa shape index (κ3) is 3.84. The standard InChI is InChI=1S/C20H25NO2/c1-2-17-8-10-20(11-9-17)12-14-21(15-13-20)19(22)23-16-18-6-4-3-5-7-18/h2-8,10H,9,11-16H2,1H3. The van der Waals surface area contributed by atoms with Crippen LogP contribution in [0.25, 0.3) is 0 Å². The van der Waals surface area contributed by atoms with E-state index >= 15 is 0 Å². The molecule has 1 spiro atoms.